The van der Waals surface area contributed by atoms with Crippen LogP contribution in [0.2, 0.25) is 0 Å². The van der Waals surface area contributed by atoms with Crippen LogP contribution in [0.4, 0.5) is 0 Å². The number of furan rings is 1. The summed E-state index contributed by atoms with van der Waals surface area (Å²) in [5.41, 5.74) is 0. The number of hydrogen-bond acceptors (Lipinski definition) is 26. The van der Waals surface area contributed by atoms with E-state index >= 15 is 0 Å². The molecule has 22 N–H and O–H groups in total. The second-order valence-corrected chi connectivity index (χ2v) is 11.3. The predicted octanol–water partition coefficient (Wildman–Crippen LogP) is -11.7. The lowest BCUT2D eigenvalue weighted by molar-refractivity contribution is -0.248. The Bertz CT molecular complexity index is 1250. The quantitative estimate of drug-likeness (QED) is 0.0575. The standard InChI is InChI=1S/3C6H12O6.C6H10O5.C6H6O3.H2O/c7-1-3-4(9)5(10)6(11,2-8)12-3;2*7-1-3(9)5(11)6(12)4(10)2-8;7-1-3-5(9)6(10)4(2-8)11-3;7-3-5-1-2-6(4-8)9-5;/h3-5,7-11H,1-2H2;3,5-9,11-12H,1-2H2;1,3-6,8-12H,2H2;1,4-10H,2H2;1-3,8H,4H2;1H2/b;;;3-1+;;/t;3-,5-,6-;3-,4+,5+,6+;;;/m.10.../s1. The topological polar surface area (TPSA) is 519 Å². The fraction of sp³-hybridized carbons (Fsp3) is 0.700. The van der Waals surface area contributed by atoms with Crippen molar-refractivity contribution in [3.05, 3.63) is 35.7 Å². The van der Waals surface area contributed by atoms with Gasteiger partial charge in [0, 0.05) is 0 Å². The molecule has 14 atom stereocenters. The first-order valence-corrected chi connectivity index (χ1v) is 15.9. The van der Waals surface area contributed by atoms with Crippen molar-refractivity contribution in [3.8, 4) is 0 Å². The molecule has 0 spiro atoms. The molecule has 27 nitrogen and oxygen atoms in total. The molecular formula is C30H54O27. The Morgan fingerprint density at radius 2 is 1.30 bits per heavy atom. The van der Waals surface area contributed by atoms with E-state index in [1.807, 2.05) is 0 Å². The van der Waals surface area contributed by atoms with E-state index in [-0.39, 0.29) is 29.9 Å². The molecule has 336 valence electrons. The van der Waals surface area contributed by atoms with Crippen molar-refractivity contribution in [3.63, 3.8) is 0 Å². The Morgan fingerprint density at radius 1 is 0.772 bits per heavy atom. The number of carbonyl (C=O) groups is 3. The van der Waals surface area contributed by atoms with E-state index in [1.54, 1.807) is 6.07 Å². The molecule has 1 aromatic rings. The van der Waals surface area contributed by atoms with Crippen LogP contribution in [0.15, 0.2) is 28.6 Å². The number of Topliss-reactive ketones (excluding diaryl/α,β-unsaturated/α-hetero) is 1. The van der Waals surface area contributed by atoms with Gasteiger partial charge in [-0.15, -0.1) is 0 Å². The third kappa shape index (κ3) is 18.5. The van der Waals surface area contributed by atoms with Gasteiger partial charge in [-0.3, -0.25) is 9.59 Å². The summed E-state index contributed by atoms with van der Waals surface area (Å²) in [6, 6.07) is 3.07. The van der Waals surface area contributed by atoms with Crippen LogP contribution in [-0.2, 0) is 25.7 Å². The lowest BCUT2D eigenvalue weighted by Gasteiger charge is -2.22. The van der Waals surface area contributed by atoms with Crippen LogP contribution >= 0.6 is 0 Å². The number of carbonyl (C=O) groups excluding carboxylic acids is 3. The summed E-state index contributed by atoms with van der Waals surface area (Å²) in [6.45, 7) is -4.36. The van der Waals surface area contributed by atoms with E-state index < -0.39 is 131 Å². The number of aliphatic hydroxyl groups excluding tert-OH is 19. The molecule has 27 heteroatoms. The molecule has 0 saturated carbocycles. The zero-order valence-electron chi connectivity index (χ0n) is 29.7. The van der Waals surface area contributed by atoms with Crippen LogP contribution in [0.5, 0.6) is 0 Å². The van der Waals surface area contributed by atoms with Crippen molar-refractivity contribution < 1.29 is 136 Å². The summed E-state index contributed by atoms with van der Waals surface area (Å²) >= 11 is 0. The highest BCUT2D eigenvalue weighted by atomic mass is 16.7. The Hall–Kier alpha value is -3.21. The van der Waals surface area contributed by atoms with Gasteiger partial charge in [-0.2, -0.15) is 0 Å². The van der Waals surface area contributed by atoms with E-state index in [1.165, 1.54) is 6.07 Å². The molecule has 0 aliphatic carbocycles. The van der Waals surface area contributed by atoms with E-state index in [2.05, 4.69) is 4.74 Å². The van der Waals surface area contributed by atoms with Gasteiger partial charge in [-0.25, -0.2) is 0 Å². The van der Waals surface area contributed by atoms with E-state index in [9.17, 15) is 19.5 Å². The normalized spacial score (nSPS) is 27.9. The first kappa shape index (κ1) is 58.1. The maximum Gasteiger partial charge on any atom is 0.219 e. The highest BCUT2D eigenvalue weighted by molar-refractivity contribution is 5.84. The summed E-state index contributed by atoms with van der Waals surface area (Å²) in [7, 11) is 0. The van der Waals surface area contributed by atoms with Crippen LogP contribution < -0.4 is 0 Å². The maximum absolute atomic E-state index is 10.5. The van der Waals surface area contributed by atoms with Gasteiger partial charge >= 0.3 is 0 Å². The first-order valence-electron chi connectivity index (χ1n) is 15.9. The molecule has 3 heterocycles. The average Bonchev–Trinajstić information content (AvgIpc) is 3.89. The fourth-order valence-corrected chi connectivity index (χ4v) is 3.85. The Kier molecular flexibility index (Phi) is 30.5. The van der Waals surface area contributed by atoms with Gasteiger partial charge in [0.15, 0.2) is 36.0 Å². The van der Waals surface area contributed by atoms with Crippen LogP contribution in [-0.4, -0.2) is 251 Å². The zero-order valence-corrected chi connectivity index (χ0v) is 29.7. The molecule has 3 rings (SSSR count). The van der Waals surface area contributed by atoms with Crippen LogP contribution in [0.3, 0.4) is 0 Å². The maximum atomic E-state index is 10.5. The van der Waals surface area contributed by atoms with Gasteiger partial charge in [0.2, 0.25) is 5.79 Å². The predicted molar refractivity (Wildman–Crippen MR) is 179 cm³/mol. The van der Waals surface area contributed by atoms with Crippen molar-refractivity contribution in [1.82, 2.24) is 0 Å². The number of hydrogen-bond donors (Lipinski definition) is 20. The fourth-order valence-electron chi connectivity index (χ4n) is 3.85. The van der Waals surface area contributed by atoms with Gasteiger partial charge < -0.3 is 126 Å². The second-order valence-electron chi connectivity index (χ2n) is 11.3. The van der Waals surface area contributed by atoms with Crippen molar-refractivity contribution >= 4 is 18.4 Å². The number of aliphatic hydroxyl groups is 20. The molecule has 2 aliphatic heterocycles. The minimum absolute atomic E-state index is 0. The number of aldehydes is 2. The summed E-state index contributed by atoms with van der Waals surface area (Å²) in [6.07, 6.45) is -18.2. The van der Waals surface area contributed by atoms with Gasteiger partial charge in [0.05, 0.1) is 33.0 Å². The van der Waals surface area contributed by atoms with Gasteiger partial charge in [-0.1, -0.05) is 0 Å². The molecule has 0 amide bonds. The van der Waals surface area contributed by atoms with Crippen LogP contribution in [0.25, 0.3) is 0 Å². The largest absolute Gasteiger partial charge is 0.512 e. The molecule has 0 aromatic carbocycles. The Balaban J connectivity index is -0.000000638. The first-order chi connectivity index (χ1) is 26.2. The smallest absolute Gasteiger partial charge is 0.219 e. The van der Waals surface area contributed by atoms with Crippen molar-refractivity contribution in [2.75, 3.05) is 39.6 Å². The highest BCUT2D eigenvalue weighted by Gasteiger charge is 2.52. The minimum Gasteiger partial charge on any atom is -0.512 e. The lowest BCUT2D eigenvalue weighted by atomic mass is 10.0. The highest BCUT2D eigenvalue weighted by Crippen LogP contribution is 2.28. The van der Waals surface area contributed by atoms with Gasteiger partial charge in [0.25, 0.3) is 0 Å². The molecule has 0 radical (unpaired) electrons. The number of rotatable bonds is 15. The minimum atomic E-state index is -2.16. The molecule has 1 aromatic heterocycles. The molecule has 0 bridgehead atoms. The molecule has 7 unspecified atom stereocenters. The van der Waals surface area contributed by atoms with E-state index in [0.29, 0.717) is 18.3 Å². The summed E-state index contributed by atoms with van der Waals surface area (Å²) in [4.78, 5) is 30.4. The van der Waals surface area contributed by atoms with E-state index in [0.717, 1.165) is 0 Å². The van der Waals surface area contributed by atoms with E-state index in [4.69, 9.17) is 106 Å². The summed E-state index contributed by atoms with van der Waals surface area (Å²) < 4.78 is 14.1. The Morgan fingerprint density at radius 3 is 1.60 bits per heavy atom. The molecular weight excluding hydrogens is 792 g/mol. The third-order valence-electron chi connectivity index (χ3n) is 7.28. The summed E-state index contributed by atoms with van der Waals surface area (Å²) in [5.74, 6) is -2.62. The van der Waals surface area contributed by atoms with Crippen LogP contribution in [0.1, 0.15) is 16.3 Å². The van der Waals surface area contributed by atoms with Gasteiger partial charge in [0.1, 0.15) is 98.5 Å². The average molecular weight is 847 g/mol. The van der Waals surface area contributed by atoms with Crippen LogP contribution in [0, 0.1) is 0 Å². The zero-order chi connectivity index (χ0) is 43.9. The number of ether oxygens (including phenoxy) is 2. The van der Waals surface area contributed by atoms with Crippen molar-refractivity contribution in [2.24, 2.45) is 0 Å². The monoisotopic (exact) mass is 846 g/mol. The van der Waals surface area contributed by atoms with Crippen molar-refractivity contribution in [1.29, 1.82) is 0 Å². The SMILES string of the molecule is O.O/C=C1/OC(CO)C(O)C1O.O=C(CO)[C@@H](O)[C@H](O)[C@H](O)CO.O=C[C@H](O)[C@@H](O)[C@H](O)[C@H](O)CO.O=Cc1ccc(CO)o1.OCC1OC(O)(CO)C(O)C1O. The molecule has 2 fully saturated rings. The van der Waals surface area contributed by atoms with Crippen molar-refractivity contribution in [2.45, 2.75) is 91.7 Å². The summed E-state index contributed by atoms with van der Waals surface area (Å²) in [5, 5.41) is 175. The molecule has 2 aliphatic rings. The lowest BCUT2D eigenvalue weighted by Crippen LogP contribution is -2.46. The number of ketones is 1. The second kappa shape index (κ2) is 29.9. The molecule has 57 heavy (non-hydrogen) atoms. The third-order valence-corrected chi connectivity index (χ3v) is 7.28. The van der Waals surface area contributed by atoms with Gasteiger partial charge in [-0.05, 0) is 12.1 Å². The molecule has 2 saturated heterocycles. The Labute approximate surface area is 321 Å².